The van der Waals surface area contributed by atoms with Crippen molar-refractivity contribution in [3.05, 3.63) is 65.2 Å². The van der Waals surface area contributed by atoms with E-state index in [0.29, 0.717) is 18.7 Å². The summed E-state index contributed by atoms with van der Waals surface area (Å²) in [4.78, 5) is 14.8. The van der Waals surface area contributed by atoms with Crippen molar-refractivity contribution in [2.75, 3.05) is 19.7 Å². The minimum Gasteiger partial charge on any atom is -0.494 e. The molecule has 1 N–H and O–H groups in total. The SMILES string of the molecule is CCCOc1ccc(C(=O)NCc2ccc(CN3CCCC3)cc2)cc1. The van der Waals surface area contributed by atoms with Crippen LogP contribution in [0, 0.1) is 0 Å². The van der Waals surface area contributed by atoms with Crippen molar-refractivity contribution in [3.63, 3.8) is 0 Å². The van der Waals surface area contributed by atoms with Gasteiger partial charge in [0.05, 0.1) is 6.61 Å². The fraction of sp³-hybridized carbons (Fsp3) is 0.409. The van der Waals surface area contributed by atoms with E-state index < -0.39 is 0 Å². The van der Waals surface area contributed by atoms with Crippen molar-refractivity contribution < 1.29 is 9.53 Å². The minimum atomic E-state index is -0.0619. The summed E-state index contributed by atoms with van der Waals surface area (Å²) >= 11 is 0. The Hall–Kier alpha value is -2.33. The van der Waals surface area contributed by atoms with Crippen LogP contribution in [-0.4, -0.2) is 30.5 Å². The molecule has 138 valence electrons. The molecule has 0 atom stereocenters. The normalized spacial score (nSPS) is 14.3. The van der Waals surface area contributed by atoms with Gasteiger partial charge in [-0.05, 0) is 67.7 Å². The molecule has 0 unspecified atom stereocenters. The van der Waals surface area contributed by atoms with Crippen molar-refractivity contribution in [3.8, 4) is 5.75 Å². The van der Waals surface area contributed by atoms with Gasteiger partial charge in [0.25, 0.3) is 5.91 Å². The number of benzene rings is 2. The third-order valence-electron chi connectivity index (χ3n) is 4.67. The number of nitrogens with one attached hydrogen (secondary N) is 1. The quantitative estimate of drug-likeness (QED) is 0.781. The van der Waals surface area contributed by atoms with Crippen LogP contribution >= 0.6 is 0 Å². The number of amides is 1. The first-order valence-corrected chi connectivity index (χ1v) is 9.56. The van der Waals surface area contributed by atoms with Gasteiger partial charge in [-0.3, -0.25) is 9.69 Å². The van der Waals surface area contributed by atoms with E-state index in [-0.39, 0.29) is 5.91 Å². The lowest BCUT2D eigenvalue weighted by atomic mass is 10.1. The number of carbonyl (C=O) groups excluding carboxylic acids is 1. The fourth-order valence-corrected chi connectivity index (χ4v) is 3.17. The van der Waals surface area contributed by atoms with Gasteiger partial charge in [-0.25, -0.2) is 0 Å². The van der Waals surface area contributed by atoms with E-state index in [0.717, 1.165) is 24.3 Å². The molecule has 0 radical (unpaired) electrons. The average molecular weight is 352 g/mol. The lowest BCUT2D eigenvalue weighted by Gasteiger charge is -2.14. The Labute approximate surface area is 156 Å². The molecule has 3 rings (SSSR count). The van der Waals surface area contributed by atoms with Gasteiger partial charge < -0.3 is 10.1 Å². The van der Waals surface area contributed by atoms with Crippen molar-refractivity contribution in [2.45, 2.75) is 39.3 Å². The van der Waals surface area contributed by atoms with E-state index >= 15 is 0 Å². The average Bonchev–Trinajstić information content (AvgIpc) is 3.19. The molecule has 0 aromatic heterocycles. The van der Waals surface area contributed by atoms with Gasteiger partial charge in [0.1, 0.15) is 5.75 Å². The van der Waals surface area contributed by atoms with Crippen LogP contribution in [0.2, 0.25) is 0 Å². The molecule has 1 heterocycles. The van der Waals surface area contributed by atoms with E-state index in [1.165, 1.54) is 31.5 Å². The molecule has 2 aromatic carbocycles. The number of hydrogen-bond donors (Lipinski definition) is 1. The Bertz CT molecular complexity index is 689. The zero-order valence-corrected chi connectivity index (χ0v) is 15.5. The Morgan fingerprint density at radius 1 is 1.00 bits per heavy atom. The van der Waals surface area contributed by atoms with Crippen LogP contribution in [0.1, 0.15) is 47.7 Å². The van der Waals surface area contributed by atoms with Gasteiger partial charge in [0, 0.05) is 18.7 Å². The molecule has 1 amide bonds. The number of hydrogen-bond acceptors (Lipinski definition) is 3. The van der Waals surface area contributed by atoms with Crippen LogP contribution in [0.3, 0.4) is 0 Å². The van der Waals surface area contributed by atoms with Crippen molar-refractivity contribution in [1.82, 2.24) is 10.2 Å². The Morgan fingerprint density at radius 2 is 1.65 bits per heavy atom. The summed E-state index contributed by atoms with van der Waals surface area (Å²) in [5.41, 5.74) is 3.11. The first-order chi connectivity index (χ1) is 12.7. The van der Waals surface area contributed by atoms with Gasteiger partial charge >= 0.3 is 0 Å². The zero-order valence-electron chi connectivity index (χ0n) is 15.5. The Kier molecular flexibility index (Phi) is 6.67. The molecule has 4 heteroatoms. The smallest absolute Gasteiger partial charge is 0.251 e. The highest BCUT2D eigenvalue weighted by atomic mass is 16.5. The van der Waals surface area contributed by atoms with E-state index in [4.69, 9.17) is 4.74 Å². The molecule has 0 saturated carbocycles. The highest BCUT2D eigenvalue weighted by Crippen LogP contribution is 2.14. The molecule has 26 heavy (non-hydrogen) atoms. The monoisotopic (exact) mass is 352 g/mol. The summed E-state index contributed by atoms with van der Waals surface area (Å²) in [6.45, 7) is 6.75. The molecule has 1 aliphatic heterocycles. The van der Waals surface area contributed by atoms with Gasteiger partial charge in [-0.1, -0.05) is 31.2 Å². The molecule has 4 nitrogen and oxygen atoms in total. The number of nitrogens with zero attached hydrogens (tertiary/aromatic N) is 1. The van der Waals surface area contributed by atoms with Crippen LogP contribution in [0.4, 0.5) is 0 Å². The summed E-state index contributed by atoms with van der Waals surface area (Å²) in [5.74, 6) is 0.741. The van der Waals surface area contributed by atoms with E-state index in [2.05, 4.69) is 41.4 Å². The third kappa shape index (κ3) is 5.33. The van der Waals surface area contributed by atoms with Gasteiger partial charge in [0.2, 0.25) is 0 Å². The van der Waals surface area contributed by atoms with Crippen LogP contribution < -0.4 is 10.1 Å². The second kappa shape index (κ2) is 9.39. The van der Waals surface area contributed by atoms with Gasteiger partial charge in [-0.2, -0.15) is 0 Å². The maximum atomic E-state index is 12.3. The predicted octanol–water partition coefficient (Wildman–Crippen LogP) is 4.00. The van der Waals surface area contributed by atoms with Crippen LogP contribution in [0.5, 0.6) is 5.75 Å². The lowest BCUT2D eigenvalue weighted by Crippen LogP contribution is -2.22. The molecule has 1 fully saturated rings. The number of likely N-dealkylation sites (tertiary alicyclic amines) is 1. The van der Waals surface area contributed by atoms with E-state index in [1.54, 1.807) is 12.1 Å². The summed E-state index contributed by atoms with van der Waals surface area (Å²) < 4.78 is 5.54. The van der Waals surface area contributed by atoms with Crippen molar-refractivity contribution in [1.29, 1.82) is 0 Å². The van der Waals surface area contributed by atoms with Crippen molar-refractivity contribution >= 4 is 5.91 Å². The molecule has 1 aliphatic rings. The standard InChI is InChI=1S/C22H28N2O2/c1-2-15-26-21-11-9-20(10-12-21)22(25)23-16-18-5-7-19(8-6-18)17-24-13-3-4-14-24/h5-12H,2-4,13-17H2,1H3,(H,23,25). The predicted molar refractivity (Wildman–Crippen MR) is 104 cm³/mol. The molecule has 0 bridgehead atoms. The largest absolute Gasteiger partial charge is 0.494 e. The zero-order chi connectivity index (χ0) is 18.2. The Balaban J connectivity index is 1.47. The summed E-state index contributed by atoms with van der Waals surface area (Å²) in [6.07, 6.45) is 3.60. The van der Waals surface area contributed by atoms with Gasteiger partial charge in [0.15, 0.2) is 0 Å². The molecule has 0 aliphatic carbocycles. The van der Waals surface area contributed by atoms with E-state index in [9.17, 15) is 4.79 Å². The summed E-state index contributed by atoms with van der Waals surface area (Å²) in [6, 6.07) is 15.8. The molecular weight excluding hydrogens is 324 g/mol. The highest BCUT2D eigenvalue weighted by molar-refractivity contribution is 5.94. The second-order valence-electron chi connectivity index (χ2n) is 6.86. The maximum Gasteiger partial charge on any atom is 0.251 e. The minimum absolute atomic E-state index is 0.0619. The lowest BCUT2D eigenvalue weighted by molar-refractivity contribution is 0.0951. The Morgan fingerprint density at radius 3 is 2.31 bits per heavy atom. The number of rotatable bonds is 8. The van der Waals surface area contributed by atoms with Crippen LogP contribution in [0.15, 0.2) is 48.5 Å². The topological polar surface area (TPSA) is 41.6 Å². The third-order valence-corrected chi connectivity index (χ3v) is 4.67. The first-order valence-electron chi connectivity index (χ1n) is 9.56. The molecule has 1 saturated heterocycles. The first kappa shape index (κ1) is 18.5. The van der Waals surface area contributed by atoms with Crippen LogP contribution in [-0.2, 0) is 13.1 Å². The molecule has 0 spiro atoms. The van der Waals surface area contributed by atoms with E-state index in [1.807, 2.05) is 12.1 Å². The highest BCUT2D eigenvalue weighted by Gasteiger charge is 2.11. The molecule has 2 aromatic rings. The fourth-order valence-electron chi connectivity index (χ4n) is 3.17. The molecular formula is C22H28N2O2. The summed E-state index contributed by atoms with van der Waals surface area (Å²) in [7, 11) is 0. The maximum absolute atomic E-state index is 12.3. The number of ether oxygens (including phenoxy) is 1. The van der Waals surface area contributed by atoms with Crippen molar-refractivity contribution in [2.24, 2.45) is 0 Å². The summed E-state index contributed by atoms with van der Waals surface area (Å²) in [5, 5.41) is 2.98. The second-order valence-corrected chi connectivity index (χ2v) is 6.86. The van der Waals surface area contributed by atoms with Crippen LogP contribution in [0.25, 0.3) is 0 Å². The van der Waals surface area contributed by atoms with Gasteiger partial charge in [-0.15, -0.1) is 0 Å². The number of carbonyl (C=O) groups is 1.